The van der Waals surface area contributed by atoms with Crippen LogP contribution in [0, 0.1) is 11.3 Å². The molecule has 4 fully saturated rings. The highest BCUT2D eigenvalue weighted by atomic mass is 19.4. The summed E-state index contributed by atoms with van der Waals surface area (Å²) in [5, 5.41) is 0. The summed E-state index contributed by atoms with van der Waals surface area (Å²) < 4.78 is 48.9. The molecule has 5 heterocycles. The van der Waals surface area contributed by atoms with Gasteiger partial charge in [0.25, 0.3) is 0 Å². The van der Waals surface area contributed by atoms with E-state index in [4.69, 9.17) is 4.74 Å². The van der Waals surface area contributed by atoms with Crippen molar-refractivity contribution in [3.8, 4) is 0 Å². The summed E-state index contributed by atoms with van der Waals surface area (Å²) in [6.45, 7) is 2.52. The highest BCUT2D eigenvalue weighted by Gasteiger charge is 2.51. The third-order valence-corrected chi connectivity index (χ3v) is 8.42. The zero-order valence-electron chi connectivity index (χ0n) is 18.5. The summed E-state index contributed by atoms with van der Waals surface area (Å²) in [4.78, 5) is 15.6. The Bertz CT molecular complexity index is 1090. The first-order valence-electron chi connectivity index (χ1n) is 12.0. The summed E-state index contributed by atoms with van der Waals surface area (Å²) in [5.41, 5.74) is 5.71. The third kappa shape index (κ3) is 3.53. The van der Waals surface area contributed by atoms with Gasteiger partial charge in [-0.1, -0.05) is 6.42 Å². The second kappa shape index (κ2) is 7.83. The fourth-order valence-electron chi connectivity index (χ4n) is 6.63. The number of aromatic nitrogens is 2. The monoisotopic (exact) mass is 465 g/mol. The van der Waals surface area contributed by atoms with E-state index in [0.29, 0.717) is 25.3 Å². The normalized spacial score (nSPS) is 32.2. The van der Waals surface area contributed by atoms with Crippen molar-refractivity contribution in [3.05, 3.63) is 40.6 Å². The maximum Gasteiger partial charge on any atom is 0.418 e. The Hall–Kier alpha value is -1.88. The summed E-state index contributed by atoms with van der Waals surface area (Å²) in [7, 11) is 0. The maximum atomic E-state index is 13.5. The number of rotatable bonds is 4. The van der Waals surface area contributed by atoms with Gasteiger partial charge in [0, 0.05) is 30.4 Å². The van der Waals surface area contributed by atoms with E-state index in [1.807, 2.05) is 0 Å². The first-order valence-corrected chi connectivity index (χ1v) is 12.0. The number of hydrogen-bond acceptors (Lipinski definition) is 5. The minimum Gasteiger partial charge on any atom is -0.380 e. The smallest absolute Gasteiger partial charge is 0.380 e. The van der Waals surface area contributed by atoms with Gasteiger partial charge in [-0.25, -0.2) is 15.6 Å². The van der Waals surface area contributed by atoms with Crippen molar-refractivity contribution >= 4 is 5.52 Å². The van der Waals surface area contributed by atoms with Crippen LogP contribution in [0.1, 0.15) is 56.6 Å². The van der Waals surface area contributed by atoms with Crippen molar-refractivity contribution in [1.82, 2.24) is 24.7 Å². The second-order valence-corrected chi connectivity index (χ2v) is 10.3. The van der Waals surface area contributed by atoms with E-state index in [9.17, 15) is 18.0 Å². The number of halogens is 3. The highest BCUT2D eigenvalue weighted by molar-refractivity contribution is 5.55. The SMILES string of the molecule is O=c1n(C2CCCC(C3(CC4NNC5CCCN54)COC3)C2)cc2c(C(F)(F)F)cccn12. The molecule has 1 saturated carbocycles. The van der Waals surface area contributed by atoms with E-state index in [2.05, 4.69) is 15.8 Å². The standard InChI is InChI=1S/C23H30F3N5O2/c24-23(25,26)17-6-2-8-29-18(17)12-31(21(29)32)16-5-1-4-15(10-16)22(13-33-14-22)11-20-28-27-19-7-3-9-30(19)20/h2,6,8,12,15-16,19-20,27-28H,1,3-5,7,9-11,13-14H2. The van der Waals surface area contributed by atoms with E-state index in [-0.39, 0.29) is 28.8 Å². The third-order valence-electron chi connectivity index (χ3n) is 8.42. The van der Waals surface area contributed by atoms with E-state index in [0.717, 1.165) is 55.5 Å². The Balaban J connectivity index is 1.26. The van der Waals surface area contributed by atoms with Crippen molar-refractivity contribution in [3.63, 3.8) is 0 Å². The number of hydrazine groups is 1. The molecule has 3 aliphatic heterocycles. The van der Waals surface area contributed by atoms with Crippen LogP contribution in [0.25, 0.3) is 5.52 Å². The van der Waals surface area contributed by atoms with Gasteiger partial charge in [-0.3, -0.25) is 13.9 Å². The maximum absolute atomic E-state index is 13.5. The molecule has 2 N–H and O–H groups in total. The van der Waals surface area contributed by atoms with Crippen LogP contribution in [0.4, 0.5) is 13.2 Å². The van der Waals surface area contributed by atoms with Gasteiger partial charge in [-0.2, -0.15) is 13.2 Å². The minimum absolute atomic E-state index is 0.0510. The Morgan fingerprint density at radius 2 is 2.00 bits per heavy atom. The number of ether oxygens (including phenoxy) is 1. The lowest BCUT2D eigenvalue weighted by molar-refractivity contribution is -0.167. The Labute approximate surface area is 189 Å². The van der Waals surface area contributed by atoms with Crippen LogP contribution in [0.5, 0.6) is 0 Å². The molecule has 7 nitrogen and oxygen atoms in total. The molecule has 0 spiro atoms. The Morgan fingerprint density at radius 3 is 2.76 bits per heavy atom. The molecule has 0 radical (unpaired) electrons. The van der Waals surface area contributed by atoms with Gasteiger partial charge >= 0.3 is 11.9 Å². The number of fused-ring (bicyclic) bond motifs is 2. The quantitative estimate of drug-likeness (QED) is 0.727. The van der Waals surface area contributed by atoms with Crippen molar-refractivity contribution < 1.29 is 17.9 Å². The molecule has 2 aromatic heterocycles. The first kappa shape index (κ1) is 21.6. The molecule has 0 aromatic carbocycles. The Morgan fingerprint density at radius 1 is 1.15 bits per heavy atom. The molecule has 10 heteroatoms. The van der Waals surface area contributed by atoms with Gasteiger partial charge in [0.05, 0.1) is 36.6 Å². The van der Waals surface area contributed by atoms with Crippen molar-refractivity contribution in [1.29, 1.82) is 0 Å². The average Bonchev–Trinajstić information content (AvgIpc) is 3.46. The predicted molar refractivity (Wildman–Crippen MR) is 115 cm³/mol. The zero-order chi connectivity index (χ0) is 22.8. The summed E-state index contributed by atoms with van der Waals surface area (Å²) in [6.07, 6.45) is 6.01. The molecule has 3 saturated heterocycles. The van der Waals surface area contributed by atoms with Gasteiger partial charge in [-0.05, 0) is 56.6 Å². The molecular weight excluding hydrogens is 435 g/mol. The Kier molecular flexibility index (Phi) is 5.13. The first-order chi connectivity index (χ1) is 15.9. The topological polar surface area (TPSA) is 62.9 Å². The predicted octanol–water partition coefficient (Wildman–Crippen LogP) is 3.11. The minimum atomic E-state index is -4.50. The molecule has 4 atom stereocenters. The molecule has 4 aliphatic rings. The molecule has 0 amide bonds. The average molecular weight is 466 g/mol. The molecule has 0 bridgehead atoms. The van der Waals surface area contributed by atoms with Crippen LogP contribution in [-0.4, -0.2) is 46.0 Å². The molecule has 6 rings (SSSR count). The van der Waals surface area contributed by atoms with E-state index < -0.39 is 11.7 Å². The van der Waals surface area contributed by atoms with Gasteiger partial charge < -0.3 is 4.74 Å². The van der Waals surface area contributed by atoms with Crippen molar-refractivity contribution in [2.75, 3.05) is 19.8 Å². The van der Waals surface area contributed by atoms with Crippen LogP contribution in [0.2, 0.25) is 0 Å². The summed E-state index contributed by atoms with van der Waals surface area (Å²) >= 11 is 0. The van der Waals surface area contributed by atoms with E-state index >= 15 is 0 Å². The van der Waals surface area contributed by atoms with Gasteiger partial charge in [0.2, 0.25) is 0 Å². The van der Waals surface area contributed by atoms with Gasteiger partial charge in [0.15, 0.2) is 0 Å². The molecular formula is C23H30F3N5O2. The highest BCUT2D eigenvalue weighted by Crippen LogP contribution is 2.50. The van der Waals surface area contributed by atoms with Crippen LogP contribution >= 0.6 is 0 Å². The summed E-state index contributed by atoms with van der Waals surface area (Å²) in [5.74, 6) is 0.380. The van der Waals surface area contributed by atoms with E-state index in [1.165, 1.54) is 24.9 Å². The zero-order valence-corrected chi connectivity index (χ0v) is 18.5. The molecule has 180 valence electrons. The molecule has 1 aliphatic carbocycles. The largest absolute Gasteiger partial charge is 0.418 e. The lowest BCUT2D eigenvalue weighted by Crippen LogP contribution is -2.55. The van der Waals surface area contributed by atoms with E-state index in [1.54, 1.807) is 4.57 Å². The van der Waals surface area contributed by atoms with Crippen LogP contribution in [-0.2, 0) is 10.9 Å². The molecule has 4 unspecified atom stereocenters. The van der Waals surface area contributed by atoms with Crippen LogP contribution in [0.15, 0.2) is 29.3 Å². The lowest BCUT2D eigenvalue weighted by Gasteiger charge is -2.51. The van der Waals surface area contributed by atoms with Crippen molar-refractivity contribution in [2.24, 2.45) is 11.3 Å². The fraction of sp³-hybridized carbons (Fsp3) is 0.696. The number of alkyl halides is 3. The number of imidazole rings is 1. The van der Waals surface area contributed by atoms with Gasteiger partial charge in [0.1, 0.15) is 0 Å². The number of pyridine rings is 1. The number of nitrogens with one attached hydrogen (secondary N) is 2. The molecule has 2 aromatic rings. The second-order valence-electron chi connectivity index (χ2n) is 10.3. The number of hydrogen-bond donors (Lipinski definition) is 2. The summed E-state index contributed by atoms with van der Waals surface area (Å²) in [6, 6.07) is 2.24. The van der Waals surface area contributed by atoms with Crippen LogP contribution in [0.3, 0.4) is 0 Å². The fourth-order valence-corrected chi connectivity index (χ4v) is 6.63. The molecule has 33 heavy (non-hydrogen) atoms. The lowest BCUT2D eigenvalue weighted by atomic mass is 9.64. The van der Waals surface area contributed by atoms with Crippen LogP contribution < -0.4 is 16.5 Å². The van der Waals surface area contributed by atoms with Gasteiger partial charge in [-0.15, -0.1) is 0 Å². The van der Waals surface area contributed by atoms with Crippen molar-refractivity contribution in [2.45, 2.75) is 69.5 Å². The number of nitrogens with zero attached hydrogens (tertiary/aromatic N) is 3.